The summed E-state index contributed by atoms with van der Waals surface area (Å²) in [6.45, 7) is 15.9. The third kappa shape index (κ3) is 4.32. The lowest BCUT2D eigenvalue weighted by molar-refractivity contribution is -0.246. The van der Waals surface area contributed by atoms with Crippen LogP contribution >= 0.6 is 0 Å². The van der Waals surface area contributed by atoms with Crippen molar-refractivity contribution in [3.05, 3.63) is 0 Å². The summed E-state index contributed by atoms with van der Waals surface area (Å²) in [6, 6.07) is -0.166. The van der Waals surface area contributed by atoms with Crippen LogP contribution in [0.5, 0.6) is 0 Å². The number of hydroxylamine groups is 4. The largest absolute Gasteiger partial charge is 0.335 e. The highest BCUT2D eigenvalue weighted by atomic mass is 16.5. The quantitative estimate of drug-likeness (QED) is 0.600. The van der Waals surface area contributed by atoms with Gasteiger partial charge in [-0.2, -0.15) is 10.1 Å². The van der Waals surface area contributed by atoms with Gasteiger partial charge in [-0.1, -0.05) is 0 Å². The fraction of sp³-hybridized carbons (Fsp3) is 0.947. The molecule has 152 valence electrons. The number of amides is 2. The standard InChI is InChI=1S/C19H38N4O3/c1-16(2)9-13(10-17(3,4)22(16)25)20-15(24)21-14-11-18(5,6)23(26)19(7,8)12-14/h13-14,25-26H,9-12H2,1-8H3,(H2,20,21,24). The summed E-state index contributed by atoms with van der Waals surface area (Å²) in [5.74, 6) is 0. The van der Waals surface area contributed by atoms with Crippen LogP contribution in [-0.2, 0) is 0 Å². The highest BCUT2D eigenvalue weighted by Gasteiger charge is 2.47. The van der Waals surface area contributed by atoms with Crippen LogP contribution in [0.4, 0.5) is 4.79 Å². The van der Waals surface area contributed by atoms with Crippen molar-refractivity contribution in [2.45, 2.75) is 115 Å². The van der Waals surface area contributed by atoms with Crippen LogP contribution in [0.1, 0.15) is 81.1 Å². The molecule has 0 aromatic rings. The van der Waals surface area contributed by atoms with Crippen molar-refractivity contribution in [2.75, 3.05) is 0 Å². The maximum absolute atomic E-state index is 12.6. The zero-order valence-corrected chi connectivity index (χ0v) is 17.7. The minimum atomic E-state index is -0.397. The van der Waals surface area contributed by atoms with Crippen molar-refractivity contribution in [3.63, 3.8) is 0 Å². The molecule has 2 rings (SSSR count). The number of hydrogen-bond donors (Lipinski definition) is 4. The lowest BCUT2D eigenvalue weighted by Crippen LogP contribution is -2.65. The van der Waals surface area contributed by atoms with E-state index in [4.69, 9.17) is 0 Å². The Balaban J connectivity index is 1.99. The van der Waals surface area contributed by atoms with Crippen LogP contribution in [-0.4, -0.2) is 60.8 Å². The number of hydrogen-bond acceptors (Lipinski definition) is 5. The van der Waals surface area contributed by atoms with Crippen molar-refractivity contribution in [1.82, 2.24) is 20.8 Å². The van der Waals surface area contributed by atoms with Gasteiger partial charge in [0.1, 0.15) is 0 Å². The lowest BCUT2D eigenvalue weighted by Gasteiger charge is -2.52. The number of carbonyl (C=O) groups is 1. The monoisotopic (exact) mass is 370 g/mol. The summed E-state index contributed by atoms with van der Waals surface area (Å²) in [4.78, 5) is 12.6. The Bertz CT molecular complexity index is 463. The second-order valence-corrected chi connectivity index (χ2v) is 10.7. The van der Waals surface area contributed by atoms with Crippen LogP contribution in [0.25, 0.3) is 0 Å². The van der Waals surface area contributed by atoms with Crippen molar-refractivity contribution in [3.8, 4) is 0 Å². The number of carbonyl (C=O) groups excluding carboxylic acids is 1. The molecule has 7 nitrogen and oxygen atoms in total. The Morgan fingerprint density at radius 3 is 1.15 bits per heavy atom. The van der Waals surface area contributed by atoms with Crippen molar-refractivity contribution in [2.24, 2.45) is 0 Å². The summed E-state index contributed by atoms with van der Waals surface area (Å²) < 4.78 is 0. The summed E-state index contributed by atoms with van der Waals surface area (Å²) in [6.07, 6.45) is 2.75. The van der Waals surface area contributed by atoms with E-state index in [9.17, 15) is 15.2 Å². The molecule has 2 saturated heterocycles. The van der Waals surface area contributed by atoms with E-state index in [2.05, 4.69) is 10.6 Å². The zero-order chi connectivity index (χ0) is 20.1. The van der Waals surface area contributed by atoms with Crippen molar-refractivity contribution < 1.29 is 15.2 Å². The van der Waals surface area contributed by atoms with Gasteiger partial charge in [0.15, 0.2) is 0 Å². The molecule has 26 heavy (non-hydrogen) atoms. The third-order valence-corrected chi connectivity index (χ3v) is 5.95. The van der Waals surface area contributed by atoms with Crippen LogP contribution in [0.3, 0.4) is 0 Å². The molecule has 0 saturated carbocycles. The second kappa shape index (κ2) is 6.62. The van der Waals surface area contributed by atoms with E-state index >= 15 is 0 Å². The maximum atomic E-state index is 12.6. The molecule has 2 aliphatic heterocycles. The summed E-state index contributed by atoms with van der Waals surface area (Å²) in [7, 11) is 0. The molecule has 2 amide bonds. The molecule has 0 bridgehead atoms. The van der Waals surface area contributed by atoms with E-state index in [-0.39, 0.29) is 18.1 Å². The molecule has 0 atom stereocenters. The summed E-state index contributed by atoms with van der Waals surface area (Å²) in [5, 5.41) is 29.8. The molecule has 0 spiro atoms. The van der Waals surface area contributed by atoms with Gasteiger partial charge in [-0.05, 0) is 81.1 Å². The molecule has 2 aliphatic rings. The van der Waals surface area contributed by atoms with E-state index in [1.54, 1.807) is 0 Å². The first-order valence-electron chi connectivity index (χ1n) is 9.62. The minimum Gasteiger partial charge on any atom is -0.335 e. The Labute approximate surface area is 158 Å². The molecule has 0 unspecified atom stereocenters. The maximum Gasteiger partial charge on any atom is 0.315 e. The molecule has 0 aromatic heterocycles. The van der Waals surface area contributed by atoms with E-state index in [1.807, 2.05) is 55.4 Å². The molecule has 7 heteroatoms. The minimum absolute atomic E-state index is 0.00218. The Morgan fingerprint density at radius 1 is 0.692 bits per heavy atom. The van der Waals surface area contributed by atoms with Gasteiger partial charge in [-0.25, -0.2) is 4.79 Å². The number of urea groups is 1. The van der Waals surface area contributed by atoms with Crippen LogP contribution in [0.15, 0.2) is 0 Å². The van der Waals surface area contributed by atoms with Gasteiger partial charge in [0.25, 0.3) is 0 Å². The number of rotatable bonds is 2. The van der Waals surface area contributed by atoms with Crippen LogP contribution < -0.4 is 10.6 Å². The molecular formula is C19H38N4O3. The van der Waals surface area contributed by atoms with E-state index in [0.29, 0.717) is 25.7 Å². The fourth-order valence-electron chi connectivity index (χ4n) is 5.16. The Kier molecular flexibility index (Phi) is 5.45. The number of nitrogens with zero attached hydrogens (tertiary/aromatic N) is 2. The molecule has 2 heterocycles. The van der Waals surface area contributed by atoms with E-state index < -0.39 is 22.2 Å². The Hall–Kier alpha value is -0.890. The summed E-state index contributed by atoms with van der Waals surface area (Å²) in [5.41, 5.74) is -1.59. The first-order chi connectivity index (χ1) is 11.6. The van der Waals surface area contributed by atoms with Gasteiger partial charge in [-0.3, -0.25) is 0 Å². The van der Waals surface area contributed by atoms with Gasteiger partial charge in [0, 0.05) is 34.2 Å². The average Bonchev–Trinajstić information content (AvgIpc) is 2.40. The predicted octanol–water partition coefficient (Wildman–Crippen LogP) is 3.11. The fourth-order valence-corrected chi connectivity index (χ4v) is 5.16. The average molecular weight is 371 g/mol. The highest BCUT2D eigenvalue weighted by molar-refractivity contribution is 5.74. The normalized spacial score (nSPS) is 29.3. The SMILES string of the molecule is CC1(C)CC(NC(=O)NC2CC(C)(C)N(O)C(C)(C)C2)CC(C)(C)N1O. The topological polar surface area (TPSA) is 88.1 Å². The molecule has 4 N–H and O–H groups in total. The van der Waals surface area contributed by atoms with Gasteiger partial charge in [0.05, 0.1) is 0 Å². The summed E-state index contributed by atoms with van der Waals surface area (Å²) >= 11 is 0. The predicted molar refractivity (Wildman–Crippen MR) is 101 cm³/mol. The van der Waals surface area contributed by atoms with Gasteiger partial charge >= 0.3 is 6.03 Å². The van der Waals surface area contributed by atoms with Crippen molar-refractivity contribution in [1.29, 1.82) is 0 Å². The zero-order valence-electron chi connectivity index (χ0n) is 17.7. The molecule has 2 fully saturated rings. The highest BCUT2D eigenvalue weighted by Crippen LogP contribution is 2.38. The molecule has 0 radical (unpaired) electrons. The number of nitrogens with one attached hydrogen (secondary N) is 2. The molecule has 0 aromatic carbocycles. The van der Waals surface area contributed by atoms with Gasteiger partial charge < -0.3 is 21.0 Å². The molecule has 0 aliphatic carbocycles. The van der Waals surface area contributed by atoms with E-state index in [1.165, 1.54) is 10.1 Å². The Morgan fingerprint density at radius 2 is 0.923 bits per heavy atom. The van der Waals surface area contributed by atoms with Crippen LogP contribution in [0.2, 0.25) is 0 Å². The van der Waals surface area contributed by atoms with Crippen molar-refractivity contribution >= 4 is 6.03 Å². The first kappa shape index (κ1) is 21.4. The molecular weight excluding hydrogens is 332 g/mol. The van der Waals surface area contributed by atoms with Crippen LogP contribution in [0, 0.1) is 0 Å². The smallest absolute Gasteiger partial charge is 0.315 e. The third-order valence-electron chi connectivity index (χ3n) is 5.95. The van der Waals surface area contributed by atoms with E-state index in [0.717, 1.165) is 0 Å². The second-order valence-electron chi connectivity index (χ2n) is 10.7. The van der Waals surface area contributed by atoms with Gasteiger partial charge in [-0.15, -0.1) is 0 Å². The van der Waals surface area contributed by atoms with Gasteiger partial charge in [0.2, 0.25) is 0 Å². The number of piperidine rings is 2. The lowest BCUT2D eigenvalue weighted by atomic mass is 9.78. The first-order valence-corrected chi connectivity index (χ1v) is 9.62.